The van der Waals surface area contributed by atoms with E-state index in [0.717, 1.165) is 21.4 Å². The third kappa shape index (κ3) is 2.72. The average Bonchev–Trinajstić information content (AvgIpc) is 2.72. The zero-order valence-corrected chi connectivity index (χ0v) is 13.2. The van der Waals surface area contributed by atoms with E-state index >= 15 is 0 Å². The standard InChI is InChI=1S/C11H10Br2ClN3/c1-6-3-8(13)11(4-9(6)14)17-5-10(7(2)12)15-16-17/h3-5,7H,1-2H3. The first kappa shape index (κ1) is 13.1. The molecule has 1 atom stereocenters. The van der Waals surface area contributed by atoms with Gasteiger partial charge in [0.25, 0.3) is 0 Å². The lowest BCUT2D eigenvalue weighted by Gasteiger charge is -2.06. The normalized spacial score (nSPS) is 12.8. The molecule has 0 radical (unpaired) electrons. The van der Waals surface area contributed by atoms with Crippen LogP contribution in [0.15, 0.2) is 22.8 Å². The molecule has 0 N–H and O–H groups in total. The summed E-state index contributed by atoms with van der Waals surface area (Å²) in [5.41, 5.74) is 2.79. The molecule has 1 aromatic heterocycles. The van der Waals surface area contributed by atoms with Gasteiger partial charge >= 0.3 is 0 Å². The summed E-state index contributed by atoms with van der Waals surface area (Å²) in [6, 6.07) is 3.84. The van der Waals surface area contributed by atoms with Gasteiger partial charge in [-0.1, -0.05) is 32.7 Å². The lowest BCUT2D eigenvalue weighted by Crippen LogP contribution is -1.97. The highest BCUT2D eigenvalue weighted by molar-refractivity contribution is 9.10. The molecule has 90 valence electrons. The van der Waals surface area contributed by atoms with Gasteiger partial charge in [0.15, 0.2) is 0 Å². The maximum atomic E-state index is 6.11. The van der Waals surface area contributed by atoms with E-state index in [4.69, 9.17) is 11.6 Å². The van der Waals surface area contributed by atoms with Gasteiger partial charge < -0.3 is 0 Å². The Morgan fingerprint density at radius 3 is 2.71 bits per heavy atom. The number of benzene rings is 1. The molecule has 1 unspecified atom stereocenters. The van der Waals surface area contributed by atoms with Gasteiger partial charge in [-0.25, -0.2) is 4.68 Å². The minimum absolute atomic E-state index is 0.177. The van der Waals surface area contributed by atoms with Crippen LogP contribution >= 0.6 is 43.5 Å². The first-order valence-electron chi connectivity index (χ1n) is 5.01. The van der Waals surface area contributed by atoms with Crippen LogP contribution in [0.1, 0.15) is 23.0 Å². The van der Waals surface area contributed by atoms with E-state index in [1.54, 1.807) is 4.68 Å². The topological polar surface area (TPSA) is 30.7 Å². The fraction of sp³-hybridized carbons (Fsp3) is 0.273. The molecule has 0 spiro atoms. The van der Waals surface area contributed by atoms with Gasteiger partial charge in [0.1, 0.15) is 0 Å². The lowest BCUT2D eigenvalue weighted by molar-refractivity contribution is 0.794. The van der Waals surface area contributed by atoms with Gasteiger partial charge in [-0.15, -0.1) is 5.10 Å². The van der Waals surface area contributed by atoms with Crippen LogP contribution in [-0.4, -0.2) is 15.0 Å². The van der Waals surface area contributed by atoms with Crippen LogP contribution in [0.4, 0.5) is 0 Å². The average molecular weight is 379 g/mol. The molecule has 0 bridgehead atoms. The molecule has 3 nitrogen and oxygen atoms in total. The summed E-state index contributed by atoms with van der Waals surface area (Å²) < 4.78 is 2.65. The predicted octanol–water partition coefficient (Wildman–Crippen LogP) is 4.45. The fourth-order valence-corrected chi connectivity index (χ4v) is 2.40. The molecular formula is C11H10Br2ClN3. The van der Waals surface area contributed by atoms with Crippen LogP contribution in [-0.2, 0) is 0 Å². The highest BCUT2D eigenvalue weighted by atomic mass is 79.9. The third-order valence-corrected chi connectivity index (χ3v) is 3.91. The summed E-state index contributed by atoms with van der Waals surface area (Å²) in [5, 5.41) is 8.89. The molecule has 0 aliphatic carbocycles. The fourth-order valence-electron chi connectivity index (χ4n) is 1.39. The molecule has 0 saturated heterocycles. The zero-order valence-electron chi connectivity index (χ0n) is 9.28. The number of aromatic nitrogens is 3. The predicted molar refractivity (Wildman–Crippen MR) is 76.1 cm³/mol. The van der Waals surface area contributed by atoms with Crippen molar-refractivity contribution in [2.24, 2.45) is 0 Å². The van der Waals surface area contributed by atoms with Crippen LogP contribution in [0, 0.1) is 6.92 Å². The summed E-state index contributed by atoms with van der Waals surface area (Å²) >= 11 is 13.1. The number of halogens is 3. The Bertz CT molecular complexity index is 552. The van der Waals surface area contributed by atoms with Crippen molar-refractivity contribution < 1.29 is 0 Å². The summed E-state index contributed by atoms with van der Waals surface area (Å²) in [7, 11) is 0. The highest BCUT2D eigenvalue weighted by Gasteiger charge is 2.11. The molecular weight excluding hydrogens is 369 g/mol. The summed E-state index contributed by atoms with van der Waals surface area (Å²) in [6.07, 6.45) is 1.88. The smallest absolute Gasteiger partial charge is 0.0965 e. The second-order valence-electron chi connectivity index (χ2n) is 3.76. The largest absolute Gasteiger partial charge is 0.219 e. The molecule has 2 aromatic rings. The van der Waals surface area contributed by atoms with E-state index in [-0.39, 0.29) is 4.83 Å². The molecule has 6 heteroatoms. The highest BCUT2D eigenvalue weighted by Crippen LogP contribution is 2.28. The SMILES string of the molecule is Cc1cc(Br)c(-n2cc(C(C)Br)nn2)cc1Cl. The van der Waals surface area contributed by atoms with Crippen LogP contribution in [0.3, 0.4) is 0 Å². The minimum atomic E-state index is 0.177. The van der Waals surface area contributed by atoms with Gasteiger partial charge in [0, 0.05) is 9.50 Å². The number of aryl methyl sites for hydroxylation is 1. The third-order valence-electron chi connectivity index (χ3n) is 2.39. The van der Waals surface area contributed by atoms with Crippen LogP contribution < -0.4 is 0 Å². The molecule has 0 amide bonds. The van der Waals surface area contributed by atoms with Gasteiger partial charge in [-0.3, -0.25) is 0 Å². The molecule has 1 heterocycles. The Morgan fingerprint density at radius 1 is 1.41 bits per heavy atom. The monoisotopic (exact) mass is 377 g/mol. The van der Waals surface area contributed by atoms with E-state index in [1.165, 1.54) is 0 Å². The number of alkyl halides is 1. The van der Waals surface area contributed by atoms with Crippen molar-refractivity contribution in [3.63, 3.8) is 0 Å². The maximum absolute atomic E-state index is 6.11. The Morgan fingerprint density at radius 2 is 2.12 bits per heavy atom. The van der Waals surface area contributed by atoms with Crippen LogP contribution in [0.5, 0.6) is 0 Å². The Kier molecular flexibility index (Phi) is 3.90. The van der Waals surface area contributed by atoms with Gasteiger partial charge in [-0.2, -0.15) is 0 Å². The quantitative estimate of drug-likeness (QED) is 0.722. The van der Waals surface area contributed by atoms with Crippen LogP contribution in [0.25, 0.3) is 5.69 Å². The Labute approximate surface area is 121 Å². The van der Waals surface area contributed by atoms with Gasteiger partial charge in [0.05, 0.1) is 22.4 Å². The Hall–Kier alpha value is -0.390. The minimum Gasteiger partial charge on any atom is -0.219 e. The summed E-state index contributed by atoms with van der Waals surface area (Å²) in [6.45, 7) is 3.97. The maximum Gasteiger partial charge on any atom is 0.0965 e. The van der Waals surface area contributed by atoms with Crippen molar-refractivity contribution >= 4 is 43.5 Å². The van der Waals surface area contributed by atoms with Crippen molar-refractivity contribution in [1.29, 1.82) is 0 Å². The summed E-state index contributed by atoms with van der Waals surface area (Å²) in [4.78, 5) is 0.177. The van der Waals surface area contributed by atoms with Crippen molar-refractivity contribution in [2.75, 3.05) is 0 Å². The van der Waals surface area contributed by atoms with E-state index in [2.05, 4.69) is 42.2 Å². The Balaban J connectivity index is 2.49. The van der Waals surface area contributed by atoms with Crippen molar-refractivity contribution in [3.05, 3.63) is 39.1 Å². The molecule has 2 rings (SSSR count). The van der Waals surface area contributed by atoms with Gasteiger partial charge in [-0.05, 0) is 47.5 Å². The first-order chi connectivity index (χ1) is 7.99. The molecule has 0 saturated carbocycles. The molecule has 0 aliphatic heterocycles. The van der Waals surface area contributed by atoms with E-state index < -0.39 is 0 Å². The molecule has 0 fully saturated rings. The molecule has 1 aromatic carbocycles. The summed E-state index contributed by atoms with van der Waals surface area (Å²) in [5.74, 6) is 0. The second-order valence-corrected chi connectivity index (χ2v) is 6.39. The van der Waals surface area contributed by atoms with Crippen molar-refractivity contribution in [1.82, 2.24) is 15.0 Å². The molecule has 0 aliphatic rings. The van der Waals surface area contributed by atoms with Crippen molar-refractivity contribution in [3.8, 4) is 5.69 Å². The van der Waals surface area contributed by atoms with E-state index in [9.17, 15) is 0 Å². The number of nitrogens with zero attached hydrogens (tertiary/aromatic N) is 3. The second kappa shape index (κ2) is 5.08. The van der Waals surface area contributed by atoms with Gasteiger partial charge in [0.2, 0.25) is 0 Å². The van der Waals surface area contributed by atoms with E-state index in [0.29, 0.717) is 5.02 Å². The van der Waals surface area contributed by atoms with Crippen LogP contribution in [0.2, 0.25) is 5.02 Å². The van der Waals surface area contributed by atoms with E-state index in [1.807, 2.05) is 32.2 Å². The number of hydrogen-bond acceptors (Lipinski definition) is 2. The first-order valence-corrected chi connectivity index (χ1v) is 7.10. The number of rotatable bonds is 2. The molecule has 17 heavy (non-hydrogen) atoms. The lowest BCUT2D eigenvalue weighted by atomic mass is 10.2. The van der Waals surface area contributed by atoms with Crippen molar-refractivity contribution in [2.45, 2.75) is 18.7 Å². The number of hydrogen-bond donors (Lipinski definition) is 0. The zero-order chi connectivity index (χ0) is 12.6.